The van der Waals surface area contributed by atoms with Crippen LogP contribution in [-0.4, -0.2) is 30.0 Å². The minimum Gasteiger partial charge on any atom is -0.495 e. The van der Waals surface area contributed by atoms with Gasteiger partial charge >= 0.3 is 0 Å². The fourth-order valence-electron chi connectivity index (χ4n) is 2.77. The number of halogens is 1. The normalized spacial score (nSPS) is 10.4. The molecule has 7 nitrogen and oxygen atoms in total. The van der Waals surface area contributed by atoms with E-state index in [0.717, 1.165) is 22.9 Å². The molecule has 0 saturated heterocycles. The van der Waals surface area contributed by atoms with Crippen LogP contribution >= 0.6 is 0 Å². The summed E-state index contributed by atoms with van der Waals surface area (Å²) in [6.07, 6.45) is 1.01. The number of hydrogen-bond acceptors (Lipinski definition) is 6. The molecular formula is C20H20FN5O2. The summed E-state index contributed by atoms with van der Waals surface area (Å²) in [7, 11) is 3.14. The van der Waals surface area contributed by atoms with E-state index in [0.29, 0.717) is 17.0 Å². The van der Waals surface area contributed by atoms with Crippen LogP contribution in [0.1, 0.15) is 15.9 Å². The number of aromatic nitrogens is 2. The number of anilines is 3. The summed E-state index contributed by atoms with van der Waals surface area (Å²) in [4.78, 5) is 19.5. The Labute approximate surface area is 161 Å². The molecule has 0 aliphatic heterocycles. The van der Waals surface area contributed by atoms with Gasteiger partial charge in [-0.2, -0.15) is 4.98 Å². The molecule has 144 valence electrons. The molecule has 0 bridgehead atoms. The fraction of sp³-hybridized carbons (Fsp3) is 0.150. The van der Waals surface area contributed by atoms with Crippen molar-refractivity contribution in [2.24, 2.45) is 0 Å². The van der Waals surface area contributed by atoms with E-state index in [1.165, 1.54) is 0 Å². The lowest BCUT2D eigenvalue weighted by molar-refractivity contribution is 0.0963. The predicted octanol–water partition coefficient (Wildman–Crippen LogP) is 3.29. The number of nitrogen functional groups attached to an aromatic ring is 1. The predicted molar refractivity (Wildman–Crippen MR) is 106 cm³/mol. The Balaban J connectivity index is 1.95. The summed E-state index contributed by atoms with van der Waals surface area (Å²) in [5.74, 6) is -0.328. The van der Waals surface area contributed by atoms with Gasteiger partial charge in [0.05, 0.1) is 19.0 Å². The number of rotatable bonds is 5. The molecule has 0 fully saturated rings. The smallest absolute Gasteiger partial charge is 0.251 e. The molecule has 4 N–H and O–H groups in total. The zero-order valence-corrected chi connectivity index (χ0v) is 15.7. The lowest BCUT2D eigenvalue weighted by Gasteiger charge is -2.15. The van der Waals surface area contributed by atoms with Gasteiger partial charge in [-0.05, 0) is 47.9 Å². The van der Waals surface area contributed by atoms with E-state index in [1.807, 2.05) is 31.2 Å². The largest absolute Gasteiger partial charge is 0.495 e. The first kappa shape index (κ1) is 19.1. The van der Waals surface area contributed by atoms with E-state index in [9.17, 15) is 9.18 Å². The highest BCUT2D eigenvalue weighted by molar-refractivity contribution is 5.94. The van der Waals surface area contributed by atoms with Crippen molar-refractivity contribution >= 4 is 23.4 Å². The Kier molecular flexibility index (Phi) is 5.39. The number of carbonyl (C=O) groups is 1. The maximum absolute atomic E-state index is 13.3. The van der Waals surface area contributed by atoms with Gasteiger partial charge in [-0.1, -0.05) is 12.1 Å². The molecule has 0 radical (unpaired) electrons. The van der Waals surface area contributed by atoms with Crippen molar-refractivity contribution in [3.8, 4) is 16.9 Å². The molecule has 0 unspecified atom stereocenters. The quantitative estimate of drug-likeness (QED) is 0.627. The summed E-state index contributed by atoms with van der Waals surface area (Å²) in [5, 5.41) is 5.59. The summed E-state index contributed by atoms with van der Waals surface area (Å²) < 4.78 is 18.7. The third-order valence-corrected chi connectivity index (χ3v) is 4.25. The van der Waals surface area contributed by atoms with Crippen LogP contribution in [-0.2, 0) is 0 Å². The number of carbonyl (C=O) groups excluding carboxylic acids is 1. The Morgan fingerprint density at radius 1 is 1.21 bits per heavy atom. The van der Waals surface area contributed by atoms with Crippen LogP contribution in [0.5, 0.6) is 5.75 Å². The van der Waals surface area contributed by atoms with Crippen molar-refractivity contribution in [2.75, 3.05) is 25.2 Å². The number of nitrogens with one attached hydrogen (secondary N) is 2. The Bertz CT molecular complexity index is 1020. The van der Waals surface area contributed by atoms with Gasteiger partial charge in [0.15, 0.2) is 11.6 Å². The molecule has 28 heavy (non-hydrogen) atoms. The summed E-state index contributed by atoms with van der Waals surface area (Å²) in [5.41, 5.74) is 9.55. The van der Waals surface area contributed by atoms with Crippen LogP contribution in [0.25, 0.3) is 11.1 Å². The van der Waals surface area contributed by atoms with Gasteiger partial charge in [-0.3, -0.25) is 4.79 Å². The number of amides is 1. The van der Waals surface area contributed by atoms with Crippen LogP contribution < -0.4 is 21.1 Å². The molecule has 0 aliphatic carbocycles. The maximum Gasteiger partial charge on any atom is 0.251 e. The zero-order valence-electron chi connectivity index (χ0n) is 15.7. The summed E-state index contributed by atoms with van der Waals surface area (Å²) in [6.45, 7) is 1.95. The van der Waals surface area contributed by atoms with Crippen molar-refractivity contribution in [3.63, 3.8) is 0 Å². The number of aryl methyl sites for hydroxylation is 1. The van der Waals surface area contributed by atoms with Crippen LogP contribution in [0.2, 0.25) is 0 Å². The third kappa shape index (κ3) is 3.85. The van der Waals surface area contributed by atoms with Crippen molar-refractivity contribution < 1.29 is 13.9 Å². The van der Waals surface area contributed by atoms with Gasteiger partial charge in [0, 0.05) is 12.6 Å². The first-order chi connectivity index (χ1) is 13.4. The first-order valence-corrected chi connectivity index (χ1v) is 8.49. The van der Waals surface area contributed by atoms with E-state index in [2.05, 4.69) is 20.6 Å². The standard InChI is InChI=1S/C20H20FN5O2/c1-11-8-16(25-20-24-10-15(21)18(22)26-20)17(28-3)9-14(11)12-4-6-13(7-5-12)19(27)23-2/h4-10H,1-3H3,(H,23,27)(H3,22,24,25,26). The van der Waals surface area contributed by atoms with E-state index < -0.39 is 5.82 Å². The zero-order chi connectivity index (χ0) is 20.3. The maximum atomic E-state index is 13.3. The van der Waals surface area contributed by atoms with Gasteiger partial charge in [-0.15, -0.1) is 0 Å². The molecule has 8 heteroatoms. The highest BCUT2D eigenvalue weighted by Gasteiger charge is 2.13. The second-order valence-electron chi connectivity index (χ2n) is 6.08. The van der Waals surface area contributed by atoms with Crippen molar-refractivity contribution in [1.82, 2.24) is 15.3 Å². The van der Waals surface area contributed by atoms with Gasteiger partial charge in [0.25, 0.3) is 5.91 Å². The average molecular weight is 381 g/mol. The molecule has 3 aromatic rings. The SMILES string of the molecule is CNC(=O)c1ccc(-c2cc(OC)c(Nc3ncc(F)c(N)n3)cc2C)cc1. The fourth-order valence-corrected chi connectivity index (χ4v) is 2.77. The number of methoxy groups -OCH3 is 1. The lowest BCUT2D eigenvalue weighted by atomic mass is 9.98. The molecule has 1 aromatic heterocycles. The molecule has 2 aromatic carbocycles. The third-order valence-electron chi connectivity index (χ3n) is 4.25. The van der Waals surface area contributed by atoms with Gasteiger partial charge in [0.1, 0.15) is 5.75 Å². The van der Waals surface area contributed by atoms with Crippen molar-refractivity contribution in [1.29, 1.82) is 0 Å². The molecule has 1 amide bonds. The molecule has 0 atom stereocenters. The Hall–Kier alpha value is -3.68. The molecule has 0 saturated carbocycles. The highest BCUT2D eigenvalue weighted by Crippen LogP contribution is 2.35. The second kappa shape index (κ2) is 7.91. The monoisotopic (exact) mass is 381 g/mol. The lowest BCUT2D eigenvalue weighted by Crippen LogP contribution is -2.17. The van der Waals surface area contributed by atoms with E-state index >= 15 is 0 Å². The van der Waals surface area contributed by atoms with Gasteiger partial charge in [0.2, 0.25) is 5.95 Å². The molecule has 1 heterocycles. The second-order valence-corrected chi connectivity index (χ2v) is 6.08. The molecular weight excluding hydrogens is 361 g/mol. The van der Waals surface area contributed by atoms with E-state index in [1.54, 1.807) is 26.3 Å². The van der Waals surface area contributed by atoms with Gasteiger partial charge < -0.3 is 21.1 Å². The van der Waals surface area contributed by atoms with Crippen LogP contribution in [0.4, 0.5) is 21.8 Å². The molecule has 0 aliphatic rings. The Morgan fingerprint density at radius 3 is 2.54 bits per heavy atom. The summed E-state index contributed by atoms with van der Waals surface area (Å²) >= 11 is 0. The van der Waals surface area contributed by atoms with Crippen LogP contribution in [0, 0.1) is 12.7 Å². The minimum atomic E-state index is -0.677. The number of nitrogens with two attached hydrogens (primary N) is 1. The summed E-state index contributed by atoms with van der Waals surface area (Å²) in [6, 6.07) is 11.0. The van der Waals surface area contributed by atoms with E-state index in [-0.39, 0.29) is 17.7 Å². The van der Waals surface area contributed by atoms with Crippen molar-refractivity contribution in [3.05, 3.63) is 59.5 Å². The molecule has 3 rings (SSSR count). The number of nitrogens with zero attached hydrogens (tertiary/aromatic N) is 2. The van der Waals surface area contributed by atoms with Crippen LogP contribution in [0.3, 0.4) is 0 Å². The number of hydrogen-bond donors (Lipinski definition) is 3. The highest BCUT2D eigenvalue weighted by atomic mass is 19.1. The first-order valence-electron chi connectivity index (χ1n) is 8.49. The van der Waals surface area contributed by atoms with Crippen LogP contribution in [0.15, 0.2) is 42.6 Å². The van der Waals surface area contributed by atoms with Crippen molar-refractivity contribution in [2.45, 2.75) is 6.92 Å². The topological polar surface area (TPSA) is 102 Å². The van der Waals surface area contributed by atoms with Gasteiger partial charge in [-0.25, -0.2) is 9.37 Å². The van der Waals surface area contributed by atoms with E-state index in [4.69, 9.17) is 10.5 Å². The number of ether oxygens (including phenoxy) is 1. The number of benzene rings is 2. The average Bonchev–Trinajstić information content (AvgIpc) is 2.70. The molecule has 0 spiro atoms. The Morgan fingerprint density at radius 2 is 1.93 bits per heavy atom. The minimum absolute atomic E-state index is 0.140.